The van der Waals surface area contributed by atoms with Gasteiger partial charge in [0.2, 0.25) is 0 Å². The number of halogens is 2. The van der Waals surface area contributed by atoms with Gasteiger partial charge in [-0.1, -0.05) is 77.8 Å². The molecule has 4 rings (SSSR count). The molecule has 0 aliphatic carbocycles. The van der Waals surface area contributed by atoms with Gasteiger partial charge >= 0.3 is 0 Å². The topological polar surface area (TPSA) is 0 Å². The van der Waals surface area contributed by atoms with E-state index >= 15 is 0 Å². The van der Waals surface area contributed by atoms with Crippen molar-refractivity contribution in [3.8, 4) is 11.1 Å². The van der Waals surface area contributed by atoms with Gasteiger partial charge in [0.25, 0.3) is 0 Å². The minimum Gasteiger partial charge on any atom is -0.0836 e. The highest BCUT2D eigenvalue weighted by Crippen LogP contribution is 2.43. The number of aryl methyl sites for hydroxylation is 1. The normalized spacial score (nSPS) is 11.3. The minimum absolute atomic E-state index is 0.723. The van der Waals surface area contributed by atoms with E-state index in [0.717, 1.165) is 42.9 Å². The molecule has 4 aromatic rings. The fourth-order valence-electron chi connectivity index (χ4n) is 3.21. The molecule has 23 heavy (non-hydrogen) atoms. The largest absolute Gasteiger partial charge is 0.0836 e. The standard InChI is InChI=1S/C21H14Cl2/c1-13-12-15-7-3-5-9-17(15)20(21(13)23)19-16-8-4-2-6-14(16)10-11-18(19)22/h2-12H,1H3. The molecule has 112 valence electrons. The average molecular weight is 337 g/mol. The second kappa shape index (κ2) is 5.56. The quantitative estimate of drug-likeness (QED) is 0.342. The van der Waals surface area contributed by atoms with Crippen LogP contribution in [0.25, 0.3) is 32.7 Å². The van der Waals surface area contributed by atoms with Gasteiger partial charge in [-0.05, 0) is 46.2 Å². The highest BCUT2D eigenvalue weighted by molar-refractivity contribution is 6.40. The number of hydrogen-bond acceptors (Lipinski definition) is 0. The number of fused-ring (bicyclic) bond motifs is 2. The Bertz CT molecular complexity index is 1050. The van der Waals surface area contributed by atoms with Gasteiger partial charge in [-0.25, -0.2) is 0 Å². The van der Waals surface area contributed by atoms with Gasteiger partial charge in [-0.15, -0.1) is 0 Å². The third kappa shape index (κ3) is 2.30. The van der Waals surface area contributed by atoms with Crippen molar-refractivity contribution in [2.75, 3.05) is 0 Å². The van der Waals surface area contributed by atoms with E-state index in [9.17, 15) is 0 Å². The van der Waals surface area contributed by atoms with Crippen molar-refractivity contribution < 1.29 is 0 Å². The summed E-state index contributed by atoms with van der Waals surface area (Å²) in [6.45, 7) is 2.04. The molecular formula is C21H14Cl2. The van der Waals surface area contributed by atoms with E-state index in [4.69, 9.17) is 23.2 Å². The predicted molar refractivity (Wildman–Crippen MR) is 102 cm³/mol. The molecule has 0 spiro atoms. The van der Waals surface area contributed by atoms with Gasteiger partial charge in [-0.2, -0.15) is 0 Å². The smallest absolute Gasteiger partial charge is 0.0520 e. The molecule has 0 amide bonds. The van der Waals surface area contributed by atoms with Crippen LogP contribution in [0.5, 0.6) is 0 Å². The Labute approximate surface area is 145 Å². The van der Waals surface area contributed by atoms with E-state index < -0.39 is 0 Å². The Balaban J connectivity index is 2.24. The van der Waals surface area contributed by atoms with Crippen LogP contribution < -0.4 is 0 Å². The third-order valence-electron chi connectivity index (χ3n) is 4.30. The van der Waals surface area contributed by atoms with Crippen molar-refractivity contribution in [1.29, 1.82) is 0 Å². The lowest BCUT2D eigenvalue weighted by Gasteiger charge is -2.16. The van der Waals surface area contributed by atoms with E-state index in [1.165, 1.54) is 5.39 Å². The summed E-state index contributed by atoms with van der Waals surface area (Å²) in [5.41, 5.74) is 3.09. The lowest BCUT2D eigenvalue weighted by atomic mass is 9.92. The van der Waals surface area contributed by atoms with Crippen LogP contribution in [0.3, 0.4) is 0 Å². The molecule has 0 aromatic heterocycles. The Kier molecular flexibility index (Phi) is 3.52. The molecule has 0 unspecified atom stereocenters. The lowest BCUT2D eigenvalue weighted by Crippen LogP contribution is -1.90. The van der Waals surface area contributed by atoms with Crippen molar-refractivity contribution >= 4 is 44.7 Å². The molecule has 0 radical (unpaired) electrons. The number of benzene rings is 4. The first kappa shape index (κ1) is 14.6. The summed E-state index contributed by atoms with van der Waals surface area (Å²) < 4.78 is 0. The van der Waals surface area contributed by atoms with Gasteiger partial charge in [0.05, 0.1) is 5.02 Å². The molecule has 4 aromatic carbocycles. The fourth-order valence-corrected chi connectivity index (χ4v) is 3.72. The van der Waals surface area contributed by atoms with Gasteiger partial charge in [-0.3, -0.25) is 0 Å². The minimum atomic E-state index is 0.723. The zero-order valence-corrected chi connectivity index (χ0v) is 14.1. The Morgan fingerprint density at radius 1 is 0.652 bits per heavy atom. The first-order chi connectivity index (χ1) is 11.2. The molecule has 0 fully saturated rings. The van der Waals surface area contributed by atoms with Gasteiger partial charge < -0.3 is 0 Å². The molecule has 0 aliphatic rings. The van der Waals surface area contributed by atoms with Gasteiger partial charge in [0.15, 0.2) is 0 Å². The Morgan fingerprint density at radius 3 is 2.00 bits per heavy atom. The number of rotatable bonds is 1. The maximum absolute atomic E-state index is 6.72. The Hall–Kier alpha value is -2.02. The zero-order chi connectivity index (χ0) is 16.0. The highest BCUT2D eigenvalue weighted by atomic mass is 35.5. The van der Waals surface area contributed by atoms with Crippen molar-refractivity contribution in [3.05, 3.63) is 82.3 Å². The van der Waals surface area contributed by atoms with Crippen LogP contribution in [0.2, 0.25) is 10.0 Å². The SMILES string of the molecule is Cc1cc2ccccc2c(-c2c(Cl)ccc3ccccc23)c1Cl. The summed E-state index contributed by atoms with van der Waals surface area (Å²) in [6, 6.07) is 22.7. The van der Waals surface area contributed by atoms with Crippen LogP contribution in [0, 0.1) is 6.92 Å². The van der Waals surface area contributed by atoms with Crippen LogP contribution in [-0.4, -0.2) is 0 Å². The second-order valence-electron chi connectivity index (χ2n) is 5.75. The monoisotopic (exact) mass is 336 g/mol. The lowest BCUT2D eigenvalue weighted by molar-refractivity contribution is 1.50. The van der Waals surface area contributed by atoms with Crippen LogP contribution in [0.15, 0.2) is 66.7 Å². The molecule has 0 aliphatic heterocycles. The van der Waals surface area contributed by atoms with Crippen molar-refractivity contribution in [2.24, 2.45) is 0 Å². The zero-order valence-electron chi connectivity index (χ0n) is 12.6. The Morgan fingerprint density at radius 2 is 1.26 bits per heavy atom. The summed E-state index contributed by atoms with van der Waals surface area (Å²) in [5, 5.41) is 6.07. The van der Waals surface area contributed by atoms with Crippen LogP contribution in [-0.2, 0) is 0 Å². The molecule has 0 saturated heterocycles. The highest BCUT2D eigenvalue weighted by Gasteiger charge is 2.16. The van der Waals surface area contributed by atoms with Gasteiger partial charge in [0, 0.05) is 16.1 Å². The molecular weight excluding hydrogens is 323 g/mol. The van der Waals surface area contributed by atoms with E-state index in [1.807, 2.05) is 43.3 Å². The van der Waals surface area contributed by atoms with Crippen molar-refractivity contribution in [3.63, 3.8) is 0 Å². The molecule has 0 N–H and O–H groups in total. The fraction of sp³-hybridized carbons (Fsp3) is 0.0476. The second-order valence-corrected chi connectivity index (χ2v) is 6.53. The molecule has 2 heteroatoms. The van der Waals surface area contributed by atoms with Crippen molar-refractivity contribution in [2.45, 2.75) is 6.92 Å². The molecule has 0 heterocycles. The summed E-state index contributed by atoms with van der Waals surface area (Å²) in [5.74, 6) is 0. The first-order valence-electron chi connectivity index (χ1n) is 7.52. The summed E-state index contributed by atoms with van der Waals surface area (Å²) in [6.07, 6.45) is 0. The molecule has 0 nitrogen and oxygen atoms in total. The van der Waals surface area contributed by atoms with Crippen molar-refractivity contribution in [1.82, 2.24) is 0 Å². The third-order valence-corrected chi connectivity index (χ3v) is 5.10. The average Bonchev–Trinajstić information content (AvgIpc) is 2.57. The van der Waals surface area contributed by atoms with E-state index in [1.54, 1.807) is 0 Å². The van der Waals surface area contributed by atoms with Crippen LogP contribution >= 0.6 is 23.2 Å². The summed E-state index contributed by atoms with van der Waals surface area (Å²) >= 11 is 13.3. The molecule has 0 atom stereocenters. The van der Waals surface area contributed by atoms with Crippen LogP contribution in [0.1, 0.15) is 5.56 Å². The molecule has 0 bridgehead atoms. The predicted octanol–water partition coefficient (Wildman–Crippen LogP) is 7.28. The maximum Gasteiger partial charge on any atom is 0.0520 e. The van der Waals surface area contributed by atoms with E-state index in [2.05, 4.69) is 30.3 Å². The molecule has 0 saturated carbocycles. The van der Waals surface area contributed by atoms with E-state index in [-0.39, 0.29) is 0 Å². The summed E-state index contributed by atoms with van der Waals surface area (Å²) in [7, 11) is 0. The first-order valence-corrected chi connectivity index (χ1v) is 8.28. The van der Waals surface area contributed by atoms with Gasteiger partial charge in [0.1, 0.15) is 0 Å². The summed E-state index contributed by atoms with van der Waals surface area (Å²) in [4.78, 5) is 0. The van der Waals surface area contributed by atoms with E-state index in [0.29, 0.717) is 0 Å². The van der Waals surface area contributed by atoms with Crippen LogP contribution in [0.4, 0.5) is 0 Å². The maximum atomic E-state index is 6.72. The number of hydrogen-bond donors (Lipinski definition) is 0.